The van der Waals surface area contributed by atoms with Crippen molar-refractivity contribution in [2.45, 2.75) is 82.0 Å². The van der Waals surface area contributed by atoms with Gasteiger partial charge in [0.05, 0.1) is 18.7 Å². The Kier molecular flexibility index (Phi) is 8.50. The molecule has 0 unspecified atom stereocenters. The third kappa shape index (κ3) is 5.90. The van der Waals surface area contributed by atoms with Crippen molar-refractivity contribution >= 4 is 6.16 Å². The van der Waals surface area contributed by atoms with Gasteiger partial charge in [0.25, 0.3) is 0 Å². The van der Waals surface area contributed by atoms with Gasteiger partial charge in [-0.3, -0.25) is 4.68 Å². The molecule has 0 amide bonds. The van der Waals surface area contributed by atoms with Crippen LogP contribution in [-0.4, -0.2) is 75.7 Å². The molecule has 0 spiro atoms. The Hall–Kier alpha value is -2.87. The fourth-order valence-corrected chi connectivity index (χ4v) is 4.47. The molecule has 2 fully saturated rings. The number of carbonyl (C=O) groups excluding carboxylic acids is 1. The van der Waals surface area contributed by atoms with Crippen molar-refractivity contribution in [3.63, 3.8) is 0 Å². The van der Waals surface area contributed by atoms with E-state index in [-0.39, 0.29) is 12.0 Å². The standard InChI is InChI=1S/C25H31F3N2O8/c1-3-13-7-9-14(10-8-13)11-16-21(25(26,27)28)30(15-5-4-6-15)29-22(16)38-23-20(33)19(32)18(31)17(37-23)12-36-24(34)35-2/h7-10,15,17-20,23,31-33H,3-6,11-12H2,1-2H3/t17-,18-,19+,20-,23+/m1/s1. The molecule has 5 atom stereocenters. The lowest BCUT2D eigenvalue weighted by Gasteiger charge is -2.39. The van der Waals surface area contributed by atoms with Crippen molar-refractivity contribution in [3.05, 3.63) is 46.6 Å². The van der Waals surface area contributed by atoms with Crippen molar-refractivity contribution in [1.29, 1.82) is 0 Å². The number of halogens is 3. The van der Waals surface area contributed by atoms with Crippen LogP contribution < -0.4 is 4.74 Å². The van der Waals surface area contributed by atoms with Gasteiger partial charge >= 0.3 is 12.3 Å². The number of aliphatic hydroxyl groups is 3. The largest absolute Gasteiger partial charge is 0.508 e. The number of carbonyl (C=O) groups is 1. The van der Waals surface area contributed by atoms with Crippen LogP contribution in [0.5, 0.6) is 5.88 Å². The first-order valence-corrected chi connectivity index (χ1v) is 12.4. The summed E-state index contributed by atoms with van der Waals surface area (Å²) in [7, 11) is 1.07. The molecule has 1 aliphatic carbocycles. The summed E-state index contributed by atoms with van der Waals surface area (Å²) in [5, 5.41) is 35.2. The summed E-state index contributed by atoms with van der Waals surface area (Å²) in [6, 6.07) is 6.66. The zero-order valence-corrected chi connectivity index (χ0v) is 20.9. The fraction of sp³-hybridized carbons (Fsp3) is 0.600. The summed E-state index contributed by atoms with van der Waals surface area (Å²) < 4.78 is 64.4. The molecule has 2 aromatic rings. The number of aliphatic hydroxyl groups excluding tert-OH is 3. The summed E-state index contributed by atoms with van der Waals surface area (Å²) in [6.45, 7) is 1.40. The molecule has 10 nitrogen and oxygen atoms in total. The van der Waals surface area contributed by atoms with Crippen LogP contribution in [0, 0.1) is 0 Å². The van der Waals surface area contributed by atoms with E-state index in [2.05, 4.69) is 9.84 Å². The number of ether oxygens (including phenoxy) is 4. The van der Waals surface area contributed by atoms with E-state index in [1.165, 1.54) is 0 Å². The molecule has 210 valence electrons. The number of hydrogen-bond donors (Lipinski definition) is 3. The molecule has 1 saturated carbocycles. The first-order valence-electron chi connectivity index (χ1n) is 12.4. The highest BCUT2D eigenvalue weighted by Gasteiger charge is 2.48. The predicted molar refractivity (Wildman–Crippen MR) is 124 cm³/mol. The number of aryl methyl sites for hydroxylation is 1. The number of nitrogens with zero attached hydrogens (tertiary/aromatic N) is 2. The van der Waals surface area contributed by atoms with Crippen molar-refractivity contribution < 1.29 is 52.2 Å². The van der Waals surface area contributed by atoms with Crippen molar-refractivity contribution in [3.8, 4) is 5.88 Å². The molecule has 2 heterocycles. The Morgan fingerprint density at radius 1 is 1.11 bits per heavy atom. The number of benzene rings is 1. The number of alkyl halides is 3. The second kappa shape index (κ2) is 11.5. The summed E-state index contributed by atoms with van der Waals surface area (Å²) in [5.41, 5.74) is 0.425. The molecule has 1 aromatic carbocycles. The predicted octanol–water partition coefficient (Wildman–Crippen LogP) is 2.75. The second-order valence-electron chi connectivity index (χ2n) is 9.40. The lowest BCUT2D eigenvalue weighted by molar-refractivity contribution is -0.278. The van der Waals surface area contributed by atoms with E-state index in [9.17, 15) is 33.3 Å². The van der Waals surface area contributed by atoms with Crippen LogP contribution in [-0.2, 0) is 33.2 Å². The van der Waals surface area contributed by atoms with Gasteiger partial charge in [0.2, 0.25) is 12.2 Å². The van der Waals surface area contributed by atoms with Gasteiger partial charge in [-0.05, 0) is 36.8 Å². The minimum absolute atomic E-state index is 0.163. The molecule has 4 rings (SSSR count). The number of aromatic nitrogens is 2. The van der Waals surface area contributed by atoms with Crippen molar-refractivity contribution in [2.24, 2.45) is 0 Å². The van der Waals surface area contributed by atoms with Crippen LogP contribution in [0.2, 0.25) is 0 Å². The average Bonchev–Trinajstić information content (AvgIpc) is 3.19. The molecule has 1 aromatic heterocycles. The van der Waals surface area contributed by atoms with E-state index in [1.807, 2.05) is 19.1 Å². The molecule has 3 N–H and O–H groups in total. The summed E-state index contributed by atoms with van der Waals surface area (Å²) in [6.07, 6.45) is -11.8. The highest BCUT2D eigenvalue weighted by Crippen LogP contribution is 2.43. The van der Waals surface area contributed by atoms with Crippen LogP contribution in [0.4, 0.5) is 18.0 Å². The Morgan fingerprint density at radius 2 is 1.76 bits per heavy atom. The van der Waals surface area contributed by atoms with Gasteiger partial charge in [-0.1, -0.05) is 31.2 Å². The van der Waals surface area contributed by atoms with Crippen LogP contribution in [0.3, 0.4) is 0 Å². The first kappa shape index (κ1) is 28.1. The lowest BCUT2D eigenvalue weighted by Crippen LogP contribution is -2.60. The molecule has 38 heavy (non-hydrogen) atoms. The molecule has 0 bridgehead atoms. The highest BCUT2D eigenvalue weighted by atomic mass is 19.4. The van der Waals surface area contributed by atoms with Gasteiger partial charge in [-0.15, -0.1) is 5.10 Å². The van der Waals surface area contributed by atoms with Crippen LogP contribution >= 0.6 is 0 Å². The molecule has 1 saturated heterocycles. The zero-order chi connectivity index (χ0) is 27.6. The molecular weight excluding hydrogens is 513 g/mol. The monoisotopic (exact) mass is 544 g/mol. The van der Waals surface area contributed by atoms with E-state index in [0.29, 0.717) is 18.4 Å². The van der Waals surface area contributed by atoms with Gasteiger partial charge in [0.15, 0.2) is 0 Å². The number of rotatable bonds is 8. The van der Waals surface area contributed by atoms with E-state index in [1.54, 1.807) is 12.1 Å². The molecule has 1 aliphatic heterocycles. The third-order valence-corrected chi connectivity index (χ3v) is 6.90. The topological polar surface area (TPSA) is 133 Å². The summed E-state index contributed by atoms with van der Waals surface area (Å²) in [5.74, 6) is -0.413. The van der Waals surface area contributed by atoms with Gasteiger partial charge in [-0.2, -0.15) is 13.2 Å². The zero-order valence-electron chi connectivity index (χ0n) is 20.9. The average molecular weight is 545 g/mol. The van der Waals surface area contributed by atoms with Crippen molar-refractivity contribution in [2.75, 3.05) is 13.7 Å². The van der Waals surface area contributed by atoms with E-state index in [0.717, 1.165) is 30.2 Å². The van der Waals surface area contributed by atoms with Gasteiger partial charge in [0, 0.05) is 6.42 Å². The maximum atomic E-state index is 14.4. The van der Waals surface area contributed by atoms with Crippen LogP contribution in [0.1, 0.15) is 54.6 Å². The number of methoxy groups -OCH3 is 1. The maximum Gasteiger partial charge on any atom is 0.508 e. The maximum absolute atomic E-state index is 14.4. The minimum Gasteiger partial charge on any atom is -0.443 e. The second-order valence-corrected chi connectivity index (χ2v) is 9.40. The van der Waals surface area contributed by atoms with Crippen molar-refractivity contribution in [1.82, 2.24) is 9.78 Å². The quantitative estimate of drug-likeness (QED) is 0.429. The van der Waals surface area contributed by atoms with Gasteiger partial charge in [0.1, 0.15) is 36.7 Å². The third-order valence-electron chi connectivity index (χ3n) is 6.90. The first-order chi connectivity index (χ1) is 18.0. The van der Waals surface area contributed by atoms with Crippen LogP contribution in [0.15, 0.2) is 24.3 Å². The fourth-order valence-electron chi connectivity index (χ4n) is 4.47. The SMILES string of the molecule is CCc1ccc(Cc2c(O[C@@H]3O[C@H](COC(=O)OC)[C@@H](O)[C@H](O)[C@H]3O)nn(C3CCC3)c2C(F)(F)F)cc1. The van der Waals surface area contributed by atoms with Gasteiger partial charge < -0.3 is 34.3 Å². The highest BCUT2D eigenvalue weighted by molar-refractivity contribution is 5.59. The van der Waals surface area contributed by atoms with Crippen LogP contribution in [0.25, 0.3) is 0 Å². The molecule has 13 heteroatoms. The van der Waals surface area contributed by atoms with E-state index < -0.39 is 67.3 Å². The van der Waals surface area contributed by atoms with Gasteiger partial charge in [-0.25, -0.2) is 4.79 Å². The molecule has 2 aliphatic rings. The Labute approximate surface area is 216 Å². The smallest absolute Gasteiger partial charge is 0.443 e. The van der Waals surface area contributed by atoms with E-state index in [4.69, 9.17) is 14.2 Å². The summed E-state index contributed by atoms with van der Waals surface area (Å²) in [4.78, 5) is 11.3. The minimum atomic E-state index is -4.75. The Bertz CT molecular complexity index is 1100. The molecular formula is C25H31F3N2O8. The Balaban J connectivity index is 1.68. The van der Waals surface area contributed by atoms with E-state index >= 15 is 0 Å². The molecule has 0 radical (unpaired) electrons. The summed E-state index contributed by atoms with van der Waals surface area (Å²) >= 11 is 0. The Morgan fingerprint density at radius 3 is 2.32 bits per heavy atom. The normalized spacial score (nSPS) is 26.1. The number of hydrogen-bond acceptors (Lipinski definition) is 9. The lowest BCUT2D eigenvalue weighted by atomic mass is 9.93.